The average molecular weight is 340 g/mol. The van der Waals surface area contributed by atoms with Gasteiger partial charge in [-0.2, -0.15) is 0 Å². The Labute approximate surface area is 143 Å². The van der Waals surface area contributed by atoms with Crippen LogP contribution in [0.3, 0.4) is 0 Å². The maximum Gasteiger partial charge on any atom is 0.246 e. The first kappa shape index (κ1) is 17.1. The van der Waals surface area contributed by atoms with Crippen LogP contribution >= 0.6 is 11.8 Å². The Morgan fingerprint density at radius 3 is 2.57 bits per heavy atom. The molecule has 6 heteroatoms. The van der Waals surface area contributed by atoms with Crippen molar-refractivity contribution in [1.82, 2.24) is 14.7 Å². The summed E-state index contributed by atoms with van der Waals surface area (Å²) in [5, 5.41) is 0. The van der Waals surface area contributed by atoms with E-state index in [4.69, 9.17) is 0 Å². The first-order valence-corrected chi connectivity index (χ1v) is 9.95. The predicted molar refractivity (Wildman–Crippen MR) is 93.2 cm³/mol. The molecule has 0 aromatic rings. The molecule has 2 amide bonds. The van der Waals surface area contributed by atoms with Crippen molar-refractivity contribution >= 4 is 23.6 Å². The van der Waals surface area contributed by atoms with Crippen molar-refractivity contribution in [3.05, 3.63) is 0 Å². The molecule has 2 atom stereocenters. The van der Waals surface area contributed by atoms with Crippen LogP contribution in [-0.2, 0) is 9.59 Å². The Morgan fingerprint density at radius 1 is 1.09 bits per heavy atom. The fraction of sp³-hybridized carbons (Fsp3) is 0.882. The average Bonchev–Trinajstić information content (AvgIpc) is 3.09. The van der Waals surface area contributed by atoms with Gasteiger partial charge < -0.3 is 9.80 Å². The third-order valence-corrected chi connectivity index (χ3v) is 6.20. The monoisotopic (exact) mass is 339 g/mol. The Morgan fingerprint density at radius 2 is 1.83 bits per heavy atom. The number of fused-ring (bicyclic) bond motifs is 1. The second kappa shape index (κ2) is 6.63. The molecule has 2 unspecified atom stereocenters. The highest BCUT2D eigenvalue weighted by atomic mass is 32.2. The first-order valence-electron chi connectivity index (χ1n) is 8.79. The third-order valence-electron chi connectivity index (χ3n) is 5.19. The summed E-state index contributed by atoms with van der Waals surface area (Å²) in [6, 6.07) is 0.266. The zero-order valence-electron chi connectivity index (χ0n) is 14.6. The summed E-state index contributed by atoms with van der Waals surface area (Å²) in [4.78, 5) is 32.1. The van der Waals surface area contributed by atoms with Gasteiger partial charge >= 0.3 is 0 Å². The number of hydrogen-bond acceptors (Lipinski definition) is 4. The molecule has 0 saturated carbocycles. The summed E-state index contributed by atoms with van der Waals surface area (Å²) in [6.45, 7) is 9.77. The van der Waals surface area contributed by atoms with Crippen LogP contribution in [0.15, 0.2) is 0 Å². The lowest BCUT2D eigenvalue weighted by Crippen LogP contribution is -2.52. The number of nitrogens with zero attached hydrogens (tertiary/aromatic N) is 3. The minimum atomic E-state index is -0.426. The van der Waals surface area contributed by atoms with Crippen LogP contribution in [0.5, 0.6) is 0 Å². The van der Waals surface area contributed by atoms with Crippen LogP contribution < -0.4 is 0 Å². The lowest BCUT2D eigenvalue weighted by atomic mass is 9.94. The van der Waals surface area contributed by atoms with Gasteiger partial charge in [-0.1, -0.05) is 20.8 Å². The van der Waals surface area contributed by atoms with E-state index in [1.54, 1.807) is 11.8 Å². The Bertz CT molecular complexity index is 477. The van der Waals surface area contributed by atoms with E-state index in [2.05, 4.69) is 4.90 Å². The molecule has 0 N–H and O–H groups in total. The molecular formula is C17H29N3O2S. The van der Waals surface area contributed by atoms with Gasteiger partial charge in [0.25, 0.3) is 0 Å². The number of rotatable bonds is 1. The van der Waals surface area contributed by atoms with Crippen LogP contribution in [0.4, 0.5) is 0 Å². The van der Waals surface area contributed by atoms with Crippen LogP contribution in [0.1, 0.15) is 40.0 Å². The Balaban J connectivity index is 1.70. The lowest BCUT2D eigenvalue weighted by Gasteiger charge is -2.33. The van der Waals surface area contributed by atoms with E-state index >= 15 is 0 Å². The van der Waals surface area contributed by atoms with Crippen molar-refractivity contribution in [3.8, 4) is 0 Å². The summed E-state index contributed by atoms with van der Waals surface area (Å²) in [7, 11) is 0. The molecule has 23 heavy (non-hydrogen) atoms. The molecule has 0 aromatic heterocycles. The molecule has 5 nitrogen and oxygen atoms in total. The Kier molecular flexibility index (Phi) is 4.93. The fourth-order valence-electron chi connectivity index (χ4n) is 3.90. The number of carbonyl (C=O) groups excluding carboxylic acids is 2. The van der Waals surface area contributed by atoms with Gasteiger partial charge in [0.15, 0.2) is 0 Å². The van der Waals surface area contributed by atoms with Crippen molar-refractivity contribution in [2.24, 2.45) is 5.41 Å². The Hall–Kier alpha value is -0.750. The van der Waals surface area contributed by atoms with Crippen molar-refractivity contribution in [2.45, 2.75) is 52.1 Å². The van der Waals surface area contributed by atoms with E-state index < -0.39 is 5.41 Å². The number of thioether (sulfide) groups is 1. The highest BCUT2D eigenvalue weighted by Crippen LogP contribution is 2.29. The van der Waals surface area contributed by atoms with Crippen LogP contribution in [-0.4, -0.2) is 76.4 Å². The van der Waals surface area contributed by atoms with Crippen LogP contribution in [0, 0.1) is 5.41 Å². The zero-order valence-corrected chi connectivity index (χ0v) is 15.4. The lowest BCUT2D eigenvalue weighted by molar-refractivity contribution is -0.148. The summed E-state index contributed by atoms with van der Waals surface area (Å²) < 4.78 is 0. The van der Waals surface area contributed by atoms with Gasteiger partial charge in [-0.15, -0.1) is 11.8 Å². The van der Waals surface area contributed by atoms with Gasteiger partial charge in [0.1, 0.15) is 6.04 Å². The second-order valence-electron chi connectivity index (χ2n) is 8.01. The van der Waals surface area contributed by atoms with Crippen molar-refractivity contribution in [2.75, 3.05) is 37.8 Å². The summed E-state index contributed by atoms with van der Waals surface area (Å²) in [6.07, 6.45) is 3.50. The molecule has 3 rings (SSSR count). The maximum absolute atomic E-state index is 13.1. The molecule has 0 radical (unpaired) electrons. The van der Waals surface area contributed by atoms with E-state index in [0.717, 1.165) is 31.8 Å². The van der Waals surface area contributed by atoms with Gasteiger partial charge in [-0.05, 0) is 25.8 Å². The van der Waals surface area contributed by atoms with Crippen LogP contribution in [0.2, 0.25) is 0 Å². The summed E-state index contributed by atoms with van der Waals surface area (Å²) in [5.74, 6) is 1.65. The highest BCUT2D eigenvalue weighted by molar-refractivity contribution is 7.99. The van der Waals surface area contributed by atoms with E-state index in [0.29, 0.717) is 11.9 Å². The molecule has 0 bridgehead atoms. The van der Waals surface area contributed by atoms with Gasteiger partial charge in [0.05, 0.1) is 5.88 Å². The van der Waals surface area contributed by atoms with Crippen molar-refractivity contribution < 1.29 is 9.59 Å². The standard InChI is InChI=1S/C17H29N3O2S/c1-17(2,3)16(22)20-12-23-11-14(20)15(21)19-9-5-8-18-7-4-6-13(18)10-19/h13-14H,4-12H2,1-3H3. The van der Waals surface area contributed by atoms with E-state index in [1.807, 2.05) is 30.6 Å². The quantitative estimate of drug-likeness (QED) is 0.728. The first-order chi connectivity index (χ1) is 10.9. The van der Waals surface area contributed by atoms with E-state index in [9.17, 15) is 9.59 Å². The molecule has 3 saturated heterocycles. The fourth-order valence-corrected chi connectivity index (χ4v) is 5.04. The SMILES string of the molecule is CC(C)(C)C(=O)N1CSCC1C(=O)N1CCCN2CCCC2C1. The minimum absolute atomic E-state index is 0.0955. The highest BCUT2D eigenvalue weighted by Gasteiger charge is 2.41. The normalized spacial score (nSPS) is 29.5. The number of carbonyl (C=O) groups is 2. The van der Waals surface area contributed by atoms with Crippen LogP contribution in [0.25, 0.3) is 0 Å². The van der Waals surface area contributed by atoms with Gasteiger partial charge in [-0.3, -0.25) is 14.5 Å². The summed E-state index contributed by atoms with van der Waals surface area (Å²) >= 11 is 1.70. The van der Waals surface area contributed by atoms with E-state index in [-0.39, 0.29) is 17.9 Å². The van der Waals surface area contributed by atoms with Gasteiger partial charge in [-0.25, -0.2) is 0 Å². The second-order valence-corrected chi connectivity index (χ2v) is 9.01. The molecule has 0 aliphatic carbocycles. The predicted octanol–water partition coefficient (Wildman–Crippen LogP) is 1.63. The number of amides is 2. The molecule has 130 valence electrons. The zero-order chi connectivity index (χ0) is 16.6. The maximum atomic E-state index is 13.1. The number of hydrogen-bond donors (Lipinski definition) is 0. The van der Waals surface area contributed by atoms with E-state index in [1.165, 1.54) is 19.4 Å². The largest absolute Gasteiger partial charge is 0.339 e. The third kappa shape index (κ3) is 3.53. The summed E-state index contributed by atoms with van der Waals surface area (Å²) in [5.41, 5.74) is -0.426. The molecule has 3 heterocycles. The topological polar surface area (TPSA) is 43.9 Å². The van der Waals surface area contributed by atoms with Gasteiger partial charge in [0, 0.05) is 36.8 Å². The molecule has 3 fully saturated rings. The molecule has 3 aliphatic rings. The van der Waals surface area contributed by atoms with Crippen molar-refractivity contribution in [3.63, 3.8) is 0 Å². The molecule has 0 spiro atoms. The minimum Gasteiger partial charge on any atom is -0.339 e. The van der Waals surface area contributed by atoms with Gasteiger partial charge in [0.2, 0.25) is 11.8 Å². The molecular weight excluding hydrogens is 310 g/mol. The van der Waals surface area contributed by atoms with Crippen molar-refractivity contribution in [1.29, 1.82) is 0 Å². The molecule has 0 aromatic carbocycles. The molecule has 3 aliphatic heterocycles. The smallest absolute Gasteiger partial charge is 0.246 e.